The highest BCUT2D eigenvalue weighted by molar-refractivity contribution is 8.13. The van der Waals surface area contributed by atoms with Crippen molar-refractivity contribution < 1.29 is 22.4 Å². The lowest BCUT2D eigenvalue weighted by molar-refractivity contribution is -0.138. The normalized spacial score (nSPS) is 17.1. The summed E-state index contributed by atoms with van der Waals surface area (Å²) in [6, 6.07) is 7.34. The lowest BCUT2D eigenvalue weighted by Crippen LogP contribution is -2.44. The first-order chi connectivity index (χ1) is 19.6. The molecule has 212 valence electrons. The van der Waals surface area contributed by atoms with Crippen molar-refractivity contribution in [1.82, 2.24) is 24.8 Å². The van der Waals surface area contributed by atoms with Crippen LogP contribution in [0.5, 0.6) is 0 Å². The minimum Gasteiger partial charge on any atom is -0.322 e. The van der Waals surface area contributed by atoms with Crippen LogP contribution in [-0.4, -0.2) is 77.3 Å². The summed E-state index contributed by atoms with van der Waals surface area (Å²) in [6.07, 6.45) is 0.609. The van der Waals surface area contributed by atoms with Gasteiger partial charge in [0.25, 0.3) is 16.8 Å². The fraction of sp³-hybridized carbons (Fsp3) is 0.286. The number of carbonyl (C=O) groups excluding carboxylic acids is 1. The van der Waals surface area contributed by atoms with Crippen LogP contribution < -0.4 is 15.4 Å². The van der Waals surface area contributed by atoms with Crippen molar-refractivity contribution in [1.29, 1.82) is 0 Å². The number of hydrogen-bond acceptors (Lipinski definition) is 7. The van der Waals surface area contributed by atoms with Crippen molar-refractivity contribution in [3.63, 3.8) is 0 Å². The van der Waals surface area contributed by atoms with Crippen molar-refractivity contribution in [2.45, 2.75) is 12.7 Å². The van der Waals surface area contributed by atoms with Gasteiger partial charge in [0.15, 0.2) is 0 Å². The van der Waals surface area contributed by atoms with Crippen molar-refractivity contribution >= 4 is 40.6 Å². The van der Waals surface area contributed by atoms with Crippen LogP contribution in [0.1, 0.15) is 27.0 Å². The van der Waals surface area contributed by atoms with Gasteiger partial charge in [-0.1, -0.05) is 23.7 Å². The average molecular weight is 585 g/mol. The van der Waals surface area contributed by atoms with Crippen LogP contribution in [0.25, 0.3) is 0 Å². The van der Waals surface area contributed by atoms with Crippen molar-refractivity contribution in [2.75, 3.05) is 44.8 Å². The molecule has 2 aromatic rings. The Balaban J connectivity index is 1.32. The van der Waals surface area contributed by atoms with Crippen LogP contribution in [0.2, 0.25) is 0 Å². The molecule has 0 bridgehead atoms. The number of rotatable bonds is 4. The number of anilines is 1. The number of alkyl halides is 3. The minimum atomic E-state index is -4.63. The van der Waals surface area contributed by atoms with E-state index in [2.05, 4.69) is 37.3 Å². The second-order valence-electron chi connectivity index (χ2n) is 9.58. The molecule has 0 saturated carbocycles. The molecule has 0 aromatic heterocycles. The summed E-state index contributed by atoms with van der Waals surface area (Å²) in [5.41, 5.74) is 2.10. The molecule has 3 aliphatic heterocycles. The highest BCUT2D eigenvalue weighted by atomic mass is 32.2. The molecule has 41 heavy (non-hydrogen) atoms. The van der Waals surface area contributed by atoms with E-state index in [0.29, 0.717) is 24.7 Å². The van der Waals surface area contributed by atoms with Crippen molar-refractivity contribution in [3.8, 4) is 11.8 Å². The number of carbonyl (C=O) groups is 1. The van der Waals surface area contributed by atoms with Gasteiger partial charge in [-0.25, -0.2) is 14.5 Å². The molecule has 3 aliphatic rings. The smallest absolute Gasteiger partial charge is 0.322 e. The van der Waals surface area contributed by atoms with Gasteiger partial charge in [-0.05, 0) is 49.2 Å². The Labute approximate surface area is 238 Å². The summed E-state index contributed by atoms with van der Waals surface area (Å²) in [6.45, 7) is 3.02. The van der Waals surface area contributed by atoms with Crippen molar-refractivity contribution in [2.24, 2.45) is 5.10 Å². The van der Waals surface area contributed by atoms with Crippen LogP contribution in [0.4, 0.5) is 23.2 Å². The zero-order valence-electron chi connectivity index (χ0n) is 22.2. The number of thioether (sulfide) groups is 1. The fourth-order valence-electron chi connectivity index (χ4n) is 4.41. The molecule has 0 unspecified atom stereocenters. The van der Waals surface area contributed by atoms with Gasteiger partial charge in [0.1, 0.15) is 5.82 Å². The monoisotopic (exact) mass is 584 g/mol. The molecule has 0 spiro atoms. The molecule has 5 rings (SSSR count). The number of nitrogens with one attached hydrogen (secondary N) is 2. The second-order valence-corrected chi connectivity index (χ2v) is 10.4. The molecule has 2 aromatic carbocycles. The Morgan fingerprint density at radius 3 is 2.66 bits per heavy atom. The molecular weight excluding hydrogens is 558 g/mol. The van der Waals surface area contributed by atoms with Crippen LogP contribution in [0.15, 0.2) is 53.4 Å². The molecule has 0 atom stereocenters. The average Bonchev–Trinajstić information content (AvgIpc) is 3.36. The quantitative estimate of drug-likeness (QED) is 0.327. The Kier molecular flexibility index (Phi) is 8.19. The zero-order valence-corrected chi connectivity index (χ0v) is 23.0. The maximum Gasteiger partial charge on any atom is 0.416 e. The number of nitrogens with zero attached hydrogens (tertiary/aromatic N) is 5. The molecule has 8 nitrogen and oxygen atoms in total. The zero-order chi connectivity index (χ0) is 29.1. The fourth-order valence-corrected chi connectivity index (χ4v) is 4.79. The van der Waals surface area contributed by atoms with E-state index in [0.717, 1.165) is 30.3 Å². The maximum absolute atomic E-state index is 14.5. The lowest BCUT2D eigenvalue weighted by atomic mass is 10.0. The standard InChI is InChI=1S/C28H25F4N7OS/c1-37-9-11-38(12-10-37)16-20-4-3-19(14-22(20)28(30,31)32)27(40)34-21-6-7-23(29)18(13-21)5-8-24-35-36-25-15-26(41-2)33-17-39(24)25/h3-4,6-7,13-15,17H,9-12,16H2,1-2H3,(H,34,40)/p+1. The van der Waals surface area contributed by atoms with Crippen LogP contribution in [-0.2, 0) is 12.7 Å². The van der Waals surface area contributed by atoms with Crippen molar-refractivity contribution in [3.05, 3.63) is 76.4 Å². The number of hydrogen-bond donors (Lipinski definition) is 2. The van der Waals surface area contributed by atoms with Gasteiger partial charge in [0.05, 0.1) is 17.2 Å². The summed E-state index contributed by atoms with van der Waals surface area (Å²) in [4.78, 5) is 18.6. The largest absolute Gasteiger partial charge is 0.416 e. The van der Waals surface area contributed by atoms with Crippen LogP contribution in [0, 0.1) is 17.7 Å². The first kappa shape index (κ1) is 28.4. The second kappa shape index (κ2) is 11.8. The van der Waals surface area contributed by atoms with Crippen LogP contribution in [0.3, 0.4) is 0 Å². The van der Waals surface area contributed by atoms with Gasteiger partial charge >= 0.3 is 12.5 Å². The molecule has 0 radical (unpaired) electrons. The van der Waals surface area contributed by atoms with E-state index in [1.165, 1.54) is 36.0 Å². The third-order valence-electron chi connectivity index (χ3n) is 6.73. The highest BCUT2D eigenvalue weighted by Gasteiger charge is 2.35. The third-order valence-corrected chi connectivity index (χ3v) is 7.38. The van der Waals surface area contributed by atoms with Gasteiger partial charge < -0.3 is 10.2 Å². The van der Waals surface area contributed by atoms with Gasteiger partial charge in [-0.3, -0.25) is 9.69 Å². The van der Waals surface area contributed by atoms with Gasteiger partial charge in [0.2, 0.25) is 5.82 Å². The molecule has 13 heteroatoms. The molecule has 1 amide bonds. The first-order valence-electron chi connectivity index (χ1n) is 12.6. The highest BCUT2D eigenvalue weighted by Crippen LogP contribution is 2.34. The lowest BCUT2D eigenvalue weighted by Gasteiger charge is -2.33. The van der Waals surface area contributed by atoms with Gasteiger partial charge in [0, 0.05) is 49.9 Å². The van der Waals surface area contributed by atoms with E-state index < -0.39 is 23.5 Å². The Morgan fingerprint density at radius 2 is 1.93 bits per heavy atom. The van der Waals surface area contributed by atoms with Crippen LogP contribution >= 0.6 is 11.8 Å². The van der Waals surface area contributed by atoms with E-state index in [4.69, 9.17) is 0 Å². The Hall–Kier alpha value is -4.08. The predicted octanol–water partition coefficient (Wildman–Crippen LogP) is 3.13. The molecule has 3 heterocycles. The number of likely N-dealkylation sites (N-methyl/N-ethyl adjacent to an activating group) is 1. The topological polar surface area (TPSA) is 77.3 Å². The molecule has 1 saturated heterocycles. The SMILES string of the molecule is CSC1=[N+]=CN2C(=C1)NN=C2C#Cc1cc(NC(=O)c2ccc(CN3CCN(C)CC3)c(C(F)(F)F)c2)ccc1F. The summed E-state index contributed by atoms with van der Waals surface area (Å²) in [5, 5.41) is 7.46. The number of amidine groups is 1. The molecular formula is C28H26F4N7OS+. The summed E-state index contributed by atoms with van der Waals surface area (Å²) < 4.78 is 60.6. The van der Waals surface area contributed by atoms with Gasteiger partial charge in [-0.15, -0.1) is 10.0 Å². The number of piperazine rings is 1. The van der Waals surface area contributed by atoms with E-state index in [1.807, 2.05) is 18.2 Å². The molecule has 0 aliphatic carbocycles. The summed E-state index contributed by atoms with van der Waals surface area (Å²) in [5.74, 6) is 5.05. The number of benzene rings is 2. The number of fused-ring (bicyclic) bond motifs is 1. The molecule has 1 fully saturated rings. The minimum absolute atomic E-state index is 0.0215. The number of halogens is 4. The summed E-state index contributed by atoms with van der Waals surface area (Å²) >= 11 is 1.47. The number of hydrazone groups is 1. The van der Waals surface area contributed by atoms with E-state index >= 15 is 0 Å². The third kappa shape index (κ3) is 6.64. The maximum atomic E-state index is 14.5. The predicted molar refractivity (Wildman–Crippen MR) is 153 cm³/mol. The Bertz CT molecular complexity index is 1560. The van der Waals surface area contributed by atoms with Gasteiger partial charge in [-0.2, -0.15) is 13.2 Å². The Morgan fingerprint density at radius 1 is 1.15 bits per heavy atom. The summed E-state index contributed by atoms with van der Waals surface area (Å²) in [7, 11) is 1.97. The molecule has 2 N–H and O–H groups in total. The number of amides is 1. The van der Waals surface area contributed by atoms with E-state index in [9.17, 15) is 22.4 Å². The van der Waals surface area contributed by atoms with E-state index in [1.54, 1.807) is 17.3 Å². The first-order valence-corrected chi connectivity index (χ1v) is 13.9. The van der Waals surface area contributed by atoms with E-state index in [-0.39, 0.29) is 28.9 Å².